The Balaban J connectivity index is 2.49. The molecule has 1 heterocycles. The number of nitro groups is 1. The van der Waals surface area contributed by atoms with Crippen molar-refractivity contribution in [1.82, 2.24) is 0 Å². The number of non-ortho nitro benzene ring substituents is 1. The fourth-order valence-corrected chi connectivity index (χ4v) is 1.29. The van der Waals surface area contributed by atoms with Crippen LogP contribution in [0.5, 0.6) is 0 Å². The van der Waals surface area contributed by atoms with Gasteiger partial charge in [0.25, 0.3) is 5.69 Å². The first-order valence-electron chi connectivity index (χ1n) is 4.15. The van der Waals surface area contributed by atoms with E-state index in [0.29, 0.717) is 0 Å². The average Bonchev–Trinajstić information content (AvgIpc) is 2.41. The van der Waals surface area contributed by atoms with Gasteiger partial charge >= 0.3 is 0 Å². The van der Waals surface area contributed by atoms with Crippen molar-refractivity contribution in [2.45, 2.75) is 0 Å². The number of hydrogen-bond donors (Lipinski definition) is 1. The van der Waals surface area contributed by atoms with Crippen LogP contribution in [0.15, 0.2) is 36.6 Å². The Morgan fingerprint density at radius 1 is 1.29 bits per heavy atom. The van der Waals surface area contributed by atoms with Crippen LogP contribution in [-0.4, -0.2) is 4.92 Å². The lowest BCUT2D eigenvalue weighted by atomic mass is 10.1. The Labute approximate surface area is 80.7 Å². The molecule has 0 aliphatic carbocycles. The summed E-state index contributed by atoms with van der Waals surface area (Å²) >= 11 is 0. The van der Waals surface area contributed by atoms with Crippen LogP contribution >= 0.6 is 0 Å². The van der Waals surface area contributed by atoms with E-state index in [4.69, 9.17) is 0 Å². The summed E-state index contributed by atoms with van der Waals surface area (Å²) in [6, 6.07) is 4.73. The number of nitro benzene ring substituents is 1. The lowest BCUT2D eigenvalue weighted by Gasteiger charge is -2.03. The lowest BCUT2D eigenvalue weighted by Crippen LogP contribution is -1.92. The van der Waals surface area contributed by atoms with Crippen molar-refractivity contribution in [1.29, 1.82) is 0 Å². The second kappa shape index (κ2) is 3.33. The van der Waals surface area contributed by atoms with Crippen LogP contribution in [0.2, 0.25) is 0 Å². The fourth-order valence-electron chi connectivity index (χ4n) is 1.29. The van der Waals surface area contributed by atoms with Crippen LogP contribution in [-0.2, 0) is 0 Å². The van der Waals surface area contributed by atoms with E-state index in [1.165, 1.54) is 6.07 Å². The second-order valence-corrected chi connectivity index (χ2v) is 2.89. The highest BCUT2D eigenvalue weighted by Crippen LogP contribution is 2.24. The van der Waals surface area contributed by atoms with Crippen LogP contribution in [0.25, 0.3) is 6.08 Å². The maximum absolute atomic E-state index is 10.5. The Kier molecular flexibility index (Phi) is 2.02. The van der Waals surface area contributed by atoms with Gasteiger partial charge in [0.15, 0.2) is 0 Å². The van der Waals surface area contributed by atoms with Crippen molar-refractivity contribution in [3.05, 3.63) is 52.2 Å². The maximum atomic E-state index is 10.5. The molecule has 0 spiro atoms. The normalized spacial score (nSPS) is 12.9. The van der Waals surface area contributed by atoms with Crippen molar-refractivity contribution in [3.8, 4) is 0 Å². The molecule has 1 aromatic carbocycles. The highest BCUT2D eigenvalue weighted by atomic mass is 16.6. The summed E-state index contributed by atoms with van der Waals surface area (Å²) < 4.78 is 0. The number of nitrogens with zero attached hydrogens (tertiary/aromatic N) is 1. The molecule has 0 aromatic heterocycles. The SMILES string of the molecule is O=[N+]([O-])c1ccc2c(c1)C=CC=CN2. The van der Waals surface area contributed by atoms with Crippen LogP contribution < -0.4 is 5.32 Å². The minimum absolute atomic E-state index is 0.108. The molecule has 0 atom stereocenters. The van der Waals surface area contributed by atoms with Crippen molar-refractivity contribution >= 4 is 17.5 Å². The van der Waals surface area contributed by atoms with Gasteiger partial charge in [0.05, 0.1) is 4.92 Å². The predicted molar refractivity (Wildman–Crippen MR) is 54.9 cm³/mol. The summed E-state index contributed by atoms with van der Waals surface area (Å²) in [5.41, 5.74) is 1.81. The van der Waals surface area contributed by atoms with Crippen LogP contribution in [0.3, 0.4) is 0 Å². The number of fused-ring (bicyclic) bond motifs is 1. The zero-order valence-electron chi connectivity index (χ0n) is 7.31. The van der Waals surface area contributed by atoms with Gasteiger partial charge in [0, 0.05) is 29.6 Å². The van der Waals surface area contributed by atoms with E-state index < -0.39 is 4.92 Å². The fraction of sp³-hybridized carbons (Fsp3) is 0. The van der Waals surface area contributed by atoms with Crippen LogP contribution in [0, 0.1) is 10.1 Å². The molecule has 0 bridgehead atoms. The summed E-state index contributed by atoms with van der Waals surface area (Å²) in [6.07, 6.45) is 7.29. The molecule has 0 unspecified atom stereocenters. The molecule has 0 saturated carbocycles. The van der Waals surface area contributed by atoms with E-state index in [1.54, 1.807) is 18.3 Å². The van der Waals surface area contributed by atoms with Crippen LogP contribution in [0.4, 0.5) is 11.4 Å². The largest absolute Gasteiger partial charge is 0.361 e. The maximum Gasteiger partial charge on any atom is 0.270 e. The highest BCUT2D eigenvalue weighted by molar-refractivity contribution is 5.72. The summed E-state index contributed by atoms with van der Waals surface area (Å²) in [5.74, 6) is 0. The average molecular weight is 188 g/mol. The first-order chi connectivity index (χ1) is 6.77. The van der Waals surface area contributed by atoms with Crippen molar-refractivity contribution in [2.75, 3.05) is 5.32 Å². The third-order valence-corrected chi connectivity index (χ3v) is 1.97. The molecule has 4 heteroatoms. The first kappa shape index (κ1) is 8.50. The molecule has 0 saturated heterocycles. The third-order valence-electron chi connectivity index (χ3n) is 1.97. The third kappa shape index (κ3) is 1.50. The predicted octanol–water partition coefficient (Wildman–Crippen LogP) is 2.55. The molecular weight excluding hydrogens is 180 g/mol. The number of allylic oxidation sites excluding steroid dienone is 2. The number of hydrogen-bond acceptors (Lipinski definition) is 3. The van der Waals surface area contributed by atoms with Gasteiger partial charge in [-0.1, -0.05) is 12.2 Å². The molecule has 70 valence electrons. The van der Waals surface area contributed by atoms with E-state index in [-0.39, 0.29) is 5.69 Å². The Bertz CT molecular complexity index is 436. The summed E-state index contributed by atoms with van der Waals surface area (Å²) in [6.45, 7) is 0. The van der Waals surface area contributed by atoms with Gasteiger partial charge in [0.1, 0.15) is 0 Å². The molecule has 0 amide bonds. The summed E-state index contributed by atoms with van der Waals surface area (Å²) in [5, 5.41) is 13.5. The zero-order valence-corrected chi connectivity index (χ0v) is 7.31. The molecule has 1 aliphatic rings. The molecule has 1 aliphatic heterocycles. The van der Waals surface area contributed by atoms with Gasteiger partial charge in [0.2, 0.25) is 0 Å². The minimum Gasteiger partial charge on any atom is -0.361 e. The second-order valence-electron chi connectivity index (χ2n) is 2.89. The molecule has 1 aromatic rings. The molecule has 2 rings (SSSR count). The van der Waals surface area contributed by atoms with E-state index in [2.05, 4.69) is 5.32 Å². The molecule has 0 fully saturated rings. The Morgan fingerprint density at radius 2 is 2.14 bits per heavy atom. The number of anilines is 1. The van der Waals surface area contributed by atoms with Gasteiger partial charge in [-0.15, -0.1) is 0 Å². The molecule has 14 heavy (non-hydrogen) atoms. The minimum atomic E-state index is -0.396. The van der Waals surface area contributed by atoms with E-state index in [1.807, 2.05) is 18.2 Å². The smallest absolute Gasteiger partial charge is 0.270 e. The van der Waals surface area contributed by atoms with Gasteiger partial charge < -0.3 is 5.32 Å². The van der Waals surface area contributed by atoms with Gasteiger partial charge in [-0.2, -0.15) is 0 Å². The van der Waals surface area contributed by atoms with Gasteiger partial charge in [-0.05, 0) is 12.1 Å². The molecule has 1 N–H and O–H groups in total. The van der Waals surface area contributed by atoms with Crippen molar-refractivity contribution in [3.63, 3.8) is 0 Å². The summed E-state index contributed by atoms with van der Waals surface area (Å²) in [7, 11) is 0. The number of rotatable bonds is 1. The Morgan fingerprint density at radius 3 is 2.93 bits per heavy atom. The monoisotopic (exact) mass is 188 g/mol. The van der Waals surface area contributed by atoms with Crippen molar-refractivity contribution in [2.24, 2.45) is 0 Å². The highest BCUT2D eigenvalue weighted by Gasteiger charge is 2.08. The molecule has 0 radical (unpaired) electrons. The Hall–Kier alpha value is -2.10. The standard InChI is InChI=1S/C10H8N2O2/c13-12(14)9-4-5-10-8(7-9)3-1-2-6-11-10/h1-7,11H. The lowest BCUT2D eigenvalue weighted by molar-refractivity contribution is -0.384. The topological polar surface area (TPSA) is 55.2 Å². The number of benzene rings is 1. The van der Waals surface area contributed by atoms with E-state index in [0.717, 1.165) is 11.3 Å². The van der Waals surface area contributed by atoms with Crippen molar-refractivity contribution < 1.29 is 4.92 Å². The zero-order chi connectivity index (χ0) is 9.97. The molecular formula is C10H8N2O2. The van der Waals surface area contributed by atoms with Gasteiger partial charge in [-0.3, -0.25) is 10.1 Å². The van der Waals surface area contributed by atoms with E-state index >= 15 is 0 Å². The summed E-state index contributed by atoms with van der Waals surface area (Å²) in [4.78, 5) is 10.1. The first-order valence-corrected chi connectivity index (χ1v) is 4.15. The van der Waals surface area contributed by atoms with Crippen LogP contribution in [0.1, 0.15) is 5.56 Å². The van der Waals surface area contributed by atoms with Gasteiger partial charge in [-0.25, -0.2) is 0 Å². The number of nitrogens with one attached hydrogen (secondary N) is 1. The molecule has 4 nitrogen and oxygen atoms in total. The van der Waals surface area contributed by atoms with E-state index in [9.17, 15) is 10.1 Å². The quantitative estimate of drug-likeness (QED) is 0.544.